The molecule has 0 bridgehead atoms. The average Bonchev–Trinajstić information content (AvgIpc) is 3.37. The molecule has 6 rings (SSSR count). The van der Waals surface area contributed by atoms with E-state index in [-0.39, 0.29) is 11.6 Å². The van der Waals surface area contributed by atoms with Crippen molar-refractivity contribution in [3.63, 3.8) is 0 Å². The van der Waals surface area contributed by atoms with E-state index in [1.165, 1.54) is 6.07 Å². The van der Waals surface area contributed by atoms with Crippen molar-refractivity contribution < 1.29 is 18.4 Å². The summed E-state index contributed by atoms with van der Waals surface area (Å²) in [5, 5.41) is 8.71. The molecule has 2 heterocycles. The quantitative estimate of drug-likeness (QED) is 0.288. The number of para-hydroxylation sites is 1. The third kappa shape index (κ3) is 4.11. The first-order chi connectivity index (χ1) is 18.2. The summed E-state index contributed by atoms with van der Waals surface area (Å²) in [6.07, 6.45) is 0.823. The molecule has 0 amide bonds. The van der Waals surface area contributed by atoms with E-state index in [9.17, 15) is 9.18 Å². The van der Waals surface area contributed by atoms with Crippen LogP contribution in [0.5, 0.6) is 0 Å². The molecule has 1 saturated heterocycles. The van der Waals surface area contributed by atoms with Crippen molar-refractivity contribution >= 4 is 33.7 Å². The lowest BCUT2D eigenvalue weighted by atomic mass is 9.86. The zero-order chi connectivity index (χ0) is 25.4. The molecule has 0 unspecified atom stereocenters. The third-order valence-corrected chi connectivity index (χ3v) is 7.18. The minimum atomic E-state index is -0.207. The summed E-state index contributed by atoms with van der Waals surface area (Å²) < 4.78 is 25.7. The molecule has 0 radical (unpaired) electrons. The topological polar surface area (TPSA) is 70.8 Å². The lowest BCUT2D eigenvalue weighted by Crippen LogP contribution is -2.47. The maximum Gasteiger partial charge on any atom is 0.196 e. The van der Waals surface area contributed by atoms with Crippen molar-refractivity contribution in [1.82, 2.24) is 5.16 Å². The van der Waals surface area contributed by atoms with E-state index < -0.39 is 0 Å². The number of piperazine rings is 1. The van der Waals surface area contributed by atoms with Crippen LogP contribution in [0.25, 0.3) is 22.2 Å². The fourth-order valence-corrected chi connectivity index (χ4v) is 5.36. The van der Waals surface area contributed by atoms with E-state index in [0.29, 0.717) is 74.0 Å². The number of benzene rings is 3. The number of fused-ring (bicyclic) bond motifs is 2. The molecule has 4 aromatic rings. The van der Waals surface area contributed by atoms with Gasteiger partial charge in [0.1, 0.15) is 11.3 Å². The first-order valence-electron chi connectivity index (χ1n) is 12.8. The highest BCUT2D eigenvalue weighted by atomic mass is 19.1. The zero-order valence-corrected chi connectivity index (χ0v) is 20.8. The number of rotatable bonds is 8. The minimum absolute atomic E-state index is 0.0282. The summed E-state index contributed by atoms with van der Waals surface area (Å²) in [6.45, 7) is 6.72. The molecular formula is C29H29FN4O3. The van der Waals surface area contributed by atoms with Gasteiger partial charge in [-0.15, -0.1) is 0 Å². The highest BCUT2D eigenvalue weighted by molar-refractivity contribution is 6.28. The van der Waals surface area contributed by atoms with Crippen LogP contribution in [0.1, 0.15) is 29.3 Å². The standard InChI is InChI=1S/C29H29FN4O3/c1-2-36-17-7-12-31-22-18-24(34-15-13-33(14-16-34)23-11-6-5-10-21(23)30)27-26-25(22)28(35)19-8-3-4-9-20(19)29(26)37-32-27/h3-6,8-11,18,31H,2,7,12-17H2,1H3. The van der Waals surface area contributed by atoms with E-state index in [2.05, 4.69) is 20.3 Å². The molecule has 3 aromatic carbocycles. The van der Waals surface area contributed by atoms with Crippen LogP contribution in [0.3, 0.4) is 0 Å². The van der Waals surface area contributed by atoms with Crippen molar-refractivity contribution in [2.75, 3.05) is 61.1 Å². The molecule has 7 nitrogen and oxygen atoms in total. The molecule has 1 aliphatic heterocycles. The van der Waals surface area contributed by atoms with Crippen LogP contribution in [0.4, 0.5) is 21.5 Å². The van der Waals surface area contributed by atoms with Gasteiger partial charge in [0.2, 0.25) is 0 Å². The fraction of sp³-hybridized carbons (Fsp3) is 0.310. The van der Waals surface area contributed by atoms with Gasteiger partial charge in [0, 0.05) is 62.8 Å². The predicted octanol–water partition coefficient (Wildman–Crippen LogP) is 5.34. The summed E-state index contributed by atoms with van der Waals surface area (Å²) in [5.41, 5.74) is 5.01. The lowest BCUT2D eigenvalue weighted by Gasteiger charge is -2.37. The fourth-order valence-electron chi connectivity index (χ4n) is 5.36. The van der Waals surface area contributed by atoms with Crippen molar-refractivity contribution in [1.29, 1.82) is 0 Å². The summed E-state index contributed by atoms with van der Waals surface area (Å²) in [6, 6.07) is 16.4. The first-order valence-corrected chi connectivity index (χ1v) is 12.8. The smallest absolute Gasteiger partial charge is 0.196 e. The predicted molar refractivity (Wildman–Crippen MR) is 143 cm³/mol. The molecule has 1 N–H and O–H groups in total. The van der Waals surface area contributed by atoms with Gasteiger partial charge in [-0.25, -0.2) is 4.39 Å². The number of halogens is 1. The number of nitrogens with zero attached hydrogens (tertiary/aromatic N) is 3. The molecule has 37 heavy (non-hydrogen) atoms. The first kappa shape index (κ1) is 23.5. The summed E-state index contributed by atoms with van der Waals surface area (Å²) in [7, 11) is 0. The molecule has 2 aliphatic rings. The molecule has 8 heteroatoms. The number of ketones is 1. The van der Waals surface area contributed by atoms with Crippen molar-refractivity contribution in [2.24, 2.45) is 0 Å². The Labute approximate surface area is 214 Å². The van der Waals surface area contributed by atoms with Gasteiger partial charge in [0.05, 0.1) is 22.3 Å². The summed E-state index contributed by atoms with van der Waals surface area (Å²) >= 11 is 0. The second-order valence-electron chi connectivity index (χ2n) is 9.33. The molecule has 0 spiro atoms. The molecule has 0 saturated carbocycles. The summed E-state index contributed by atoms with van der Waals surface area (Å²) in [4.78, 5) is 18.0. The number of carbonyl (C=O) groups excluding carboxylic acids is 1. The van der Waals surface area contributed by atoms with Crippen LogP contribution >= 0.6 is 0 Å². The Morgan fingerprint density at radius 2 is 1.70 bits per heavy atom. The number of anilines is 3. The van der Waals surface area contributed by atoms with Gasteiger partial charge in [-0.05, 0) is 31.5 Å². The number of hydrogen-bond acceptors (Lipinski definition) is 7. The number of aromatic nitrogens is 1. The number of nitrogens with one attached hydrogen (secondary N) is 1. The van der Waals surface area contributed by atoms with E-state index in [0.717, 1.165) is 28.7 Å². The maximum atomic E-state index is 14.4. The van der Waals surface area contributed by atoms with Crippen LogP contribution in [-0.4, -0.2) is 56.9 Å². The average molecular weight is 501 g/mol. The Kier molecular flexibility index (Phi) is 6.26. The van der Waals surface area contributed by atoms with Crippen LogP contribution in [0.2, 0.25) is 0 Å². The van der Waals surface area contributed by atoms with Crippen LogP contribution in [0, 0.1) is 5.82 Å². The second-order valence-corrected chi connectivity index (χ2v) is 9.33. The minimum Gasteiger partial charge on any atom is -0.384 e. The van der Waals surface area contributed by atoms with E-state index >= 15 is 0 Å². The van der Waals surface area contributed by atoms with Gasteiger partial charge in [-0.1, -0.05) is 41.6 Å². The molecular weight excluding hydrogens is 471 g/mol. The SMILES string of the molecule is CCOCCCNc1cc(N2CCN(c3ccccc3F)CC2)c2noc3c2c1C(=O)c1ccccc1-3. The highest BCUT2D eigenvalue weighted by Gasteiger charge is 2.34. The second kappa shape index (κ2) is 9.86. The van der Waals surface area contributed by atoms with Crippen molar-refractivity contribution in [3.8, 4) is 11.3 Å². The Morgan fingerprint density at radius 1 is 1.00 bits per heavy atom. The monoisotopic (exact) mass is 500 g/mol. The van der Waals surface area contributed by atoms with Crippen LogP contribution in [0.15, 0.2) is 59.1 Å². The van der Waals surface area contributed by atoms with Gasteiger partial charge >= 0.3 is 0 Å². The summed E-state index contributed by atoms with van der Waals surface area (Å²) in [5.74, 6) is 0.394. The van der Waals surface area contributed by atoms with Crippen LogP contribution in [-0.2, 0) is 4.74 Å². The Morgan fingerprint density at radius 3 is 2.46 bits per heavy atom. The normalized spacial score (nSPS) is 14.8. The molecule has 1 fully saturated rings. The zero-order valence-electron chi connectivity index (χ0n) is 20.8. The van der Waals surface area contributed by atoms with Crippen LogP contribution < -0.4 is 15.1 Å². The Bertz CT molecular complexity index is 1460. The van der Waals surface area contributed by atoms with E-state index in [4.69, 9.17) is 9.26 Å². The van der Waals surface area contributed by atoms with Gasteiger partial charge < -0.3 is 24.4 Å². The van der Waals surface area contributed by atoms with E-state index in [1.807, 2.05) is 49.4 Å². The number of hydrogen-bond donors (Lipinski definition) is 1. The molecule has 190 valence electrons. The Balaban J connectivity index is 1.37. The van der Waals surface area contributed by atoms with Gasteiger partial charge in [-0.3, -0.25) is 4.79 Å². The largest absolute Gasteiger partial charge is 0.384 e. The van der Waals surface area contributed by atoms with Crippen molar-refractivity contribution in [3.05, 3.63) is 71.5 Å². The van der Waals surface area contributed by atoms with Gasteiger partial charge in [0.25, 0.3) is 0 Å². The molecule has 1 aromatic heterocycles. The molecule has 0 atom stereocenters. The Hall–Kier alpha value is -3.91. The van der Waals surface area contributed by atoms with Crippen molar-refractivity contribution in [2.45, 2.75) is 13.3 Å². The van der Waals surface area contributed by atoms with Gasteiger partial charge in [-0.2, -0.15) is 0 Å². The number of ether oxygens (including phenoxy) is 1. The van der Waals surface area contributed by atoms with Gasteiger partial charge in [0.15, 0.2) is 11.5 Å². The third-order valence-electron chi connectivity index (χ3n) is 7.18. The lowest BCUT2D eigenvalue weighted by molar-refractivity contribution is 0.104. The molecule has 1 aliphatic carbocycles. The number of carbonyl (C=O) groups is 1. The highest BCUT2D eigenvalue weighted by Crippen LogP contribution is 2.46. The van der Waals surface area contributed by atoms with E-state index in [1.54, 1.807) is 6.07 Å². The maximum absolute atomic E-state index is 14.4.